The summed E-state index contributed by atoms with van der Waals surface area (Å²) in [6.45, 7) is 5.11. The van der Waals surface area contributed by atoms with Gasteiger partial charge in [0.05, 0.1) is 0 Å². The van der Waals surface area contributed by atoms with E-state index in [1.165, 1.54) is 6.33 Å². The summed E-state index contributed by atoms with van der Waals surface area (Å²) in [4.78, 5) is 4.18. The molecule has 0 aliphatic rings. The third-order valence-corrected chi connectivity index (χ3v) is 3.31. The zero-order chi connectivity index (χ0) is 13.8. The smallest absolute Gasteiger partial charge is 0.164 e. The van der Waals surface area contributed by atoms with Crippen molar-refractivity contribution in [3.05, 3.63) is 40.4 Å². The lowest BCUT2D eigenvalue weighted by atomic mass is 10.1. The molecule has 0 saturated carbocycles. The maximum atomic E-state index is 5.95. The van der Waals surface area contributed by atoms with Gasteiger partial charge < -0.3 is 10.5 Å². The third-order valence-electron chi connectivity index (χ3n) is 2.81. The molecular weight excluding hydrogens is 308 g/mol. The van der Waals surface area contributed by atoms with Crippen LogP contribution in [-0.4, -0.2) is 14.8 Å². The van der Waals surface area contributed by atoms with Crippen LogP contribution in [0.1, 0.15) is 31.3 Å². The average molecular weight is 325 g/mol. The molecule has 6 heteroatoms. The number of rotatable bonds is 5. The Bertz CT molecular complexity index is 553. The quantitative estimate of drug-likeness (QED) is 0.918. The van der Waals surface area contributed by atoms with E-state index in [1.54, 1.807) is 0 Å². The minimum atomic E-state index is -0.0865. The van der Waals surface area contributed by atoms with E-state index in [0.717, 1.165) is 28.2 Å². The number of aromatic nitrogens is 3. The lowest BCUT2D eigenvalue weighted by Gasteiger charge is -2.14. The van der Waals surface area contributed by atoms with E-state index in [4.69, 9.17) is 10.5 Å². The molecule has 1 heterocycles. The second kappa shape index (κ2) is 6.16. The zero-order valence-electron chi connectivity index (χ0n) is 11.0. The van der Waals surface area contributed by atoms with Crippen molar-refractivity contribution in [2.45, 2.75) is 33.0 Å². The van der Waals surface area contributed by atoms with Gasteiger partial charge in [0.2, 0.25) is 0 Å². The number of nitrogens with two attached hydrogens (primary N) is 1. The Kier molecular flexibility index (Phi) is 4.55. The van der Waals surface area contributed by atoms with Crippen molar-refractivity contribution in [3.63, 3.8) is 0 Å². The Morgan fingerprint density at radius 3 is 2.95 bits per heavy atom. The van der Waals surface area contributed by atoms with Crippen LogP contribution in [-0.2, 0) is 13.2 Å². The van der Waals surface area contributed by atoms with Gasteiger partial charge in [0, 0.05) is 22.6 Å². The highest BCUT2D eigenvalue weighted by Gasteiger charge is 2.10. The summed E-state index contributed by atoms with van der Waals surface area (Å²) in [5.74, 6) is 1.59. The van der Waals surface area contributed by atoms with E-state index in [2.05, 4.69) is 26.0 Å². The highest BCUT2D eigenvalue weighted by molar-refractivity contribution is 9.10. The summed E-state index contributed by atoms with van der Waals surface area (Å²) in [5.41, 5.74) is 6.92. The SMILES string of the molecule is CCn1ncnc1COc1ccc(Br)cc1[C@@H](C)N. The molecule has 5 nitrogen and oxygen atoms in total. The van der Waals surface area contributed by atoms with Gasteiger partial charge in [-0.05, 0) is 32.0 Å². The Labute approximate surface area is 120 Å². The molecule has 0 aliphatic heterocycles. The molecule has 2 N–H and O–H groups in total. The van der Waals surface area contributed by atoms with Crippen LogP contribution in [0.25, 0.3) is 0 Å². The Morgan fingerprint density at radius 1 is 1.47 bits per heavy atom. The van der Waals surface area contributed by atoms with Crippen molar-refractivity contribution in [3.8, 4) is 5.75 Å². The molecule has 0 saturated heterocycles. The highest BCUT2D eigenvalue weighted by Crippen LogP contribution is 2.27. The zero-order valence-corrected chi connectivity index (χ0v) is 12.6. The maximum absolute atomic E-state index is 5.95. The van der Waals surface area contributed by atoms with Gasteiger partial charge in [-0.3, -0.25) is 0 Å². The van der Waals surface area contributed by atoms with Crippen LogP contribution in [0.3, 0.4) is 0 Å². The van der Waals surface area contributed by atoms with Crippen LogP contribution < -0.4 is 10.5 Å². The predicted octanol–water partition coefficient (Wildman–Crippen LogP) is 2.66. The van der Waals surface area contributed by atoms with Crippen LogP contribution >= 0.6 is 15.9 Å². The number of hydrogen-bond acceptors (Lipinski definition) is 4. The van der Waals surface area contributed by atoms with Crippen LogP contribution in [0.5, 0.6) is 5.75 Å². The van der Waals surface area contributed by atoms with Gasteiger partial charge in [-0.2, -0.15) is 5.10 Å². The van der Waals surface area contributed by atoms with E-state index >= 15 is 0 Å². The molecule has 102 valence electrons. The Hall–Kier alpha value is -1.40. The fourth-order valence-corrected chi connectivity index (χ4v) is 2.19. The molecule has 0 radical (unpaired) electrons. The molecule has 1 aromatic heterocycles. The van der Waals surface area contributed by atoms with Gasteiger partial charge in [0.15, 0.2) is 5.82 Å². The molecule has 0 aliphatic carbocycles. The first-order valence-corrected chi connectivity index (χ1v) is 6.95. The van der Waals surface area contributed by atoms with E-state index in [1.807, 2.05) is 36.7 Å². The number of halogens is 1. The summed E-state index contributed by atoms with van der Waals surface area (Å²) in [6.07, 6.45) is 1.54. The molecule has 19 heavy (non-hydrogen) atoms. The van der Waals surface area contributed by atoms with Gasteiger partial charge >= 0.3 is 0 Å². The van der Waals surface area contributed by atoms with Crippen molar-refractivity contribution in [2.75, 3.05) is 0 Å². The Morgan fingerprint density at radius 2 is 2.26 bits per heavy atom. The lowest BCUT2D eigenvalue weighted by Crippen LogP contribution is -2.11. The van der Waals surface area contributed by atoms with Crippen molar-refractivity contribution < 1.29 is 4.74 Å². The molecule has 0 amide bonds. The van der Waals surface area contributed by atoms with Gasteiger partial charge in [-0.25, -0.2) is 9.67 Å². The second-order valence-electron chi connectivity index (χ2n) is 4.25. The van der Waals surface area contributed by atoms with E-state index in [0.29, 0.717) is 6.61 Å². The van der Waals surface area contributed by atoms with E-state index in [9.17, 15) is 0 Å². The topological polar surface area (TPSA) is 66.0 Å². The molecule has 0 bridgehead atoms. The second-order valence-corrected chi connectivity index (χ2v) is 5.17. The molecule has 1 atom stereocenters. The number of hydrogen-bond donors (Lipinski definition) is 1. The molecule has 1 aromatic carbocycles. The summed E-state index contributed by atoms with van der Waals surface area (Å²) in [5, 5.41) is 4.11. The third kappa shape index (κ3) is 3.33. The molecule has 0 spiro atoms. The normalized spacial score (nSPS) is 12.4. The fraction of sp³-hybridized carbons (Fsp3) is 0.385. The number of benzene rings is 1. The first kappa shape index (κ1) is 14.0. The number of nitrogens with zero attached hydrogens (tertiary/aromatic N) is 3. The summed E-state index contributed by atoms with van der Waals surface area (Å²) >= 11 is 3.44. The molecule has 0 fully saturated rings. The van der Waals surface area contributed by atoms with Gasteiger partial charge in [-0.1, -0.05) is 15.9 Å². The van der Waals surface area contributed by atoms with Crippen LogP contribution in [0, 0.1) is 0 Å². The predicted molar refractivity (Wildman–Crippen MR) is 76.8 cm³/mol. The largest absolute Gasteiger partial charge is 0.485 e. The fourth-order valence-electron chi connectivity index (χ4n) is 1.81. The van der Waals surface area contributed by atoms with Crippen LogP contribution in [0.2, 0.25) is 0 Å². The van der Waals surface area contributed by atoms with E-state index in [-0.39, 0.29) is 6.04 Å². The van der Waals surface area contributed by atoms with Gasteiger partial charge in [-0.15, -0.1) is 0 Å². The standard InChI is InChI=1S/C13H17BrN4O/c1-3-18-13(16-8-17-18)7-19-12-5-4-10(14)6-11(12)9(2)15/h4-6,8-9H,3,7,15H2,1-2H3/t9-/m1/s1. The van der Waals surface area contributed by atoms with Crippen molar-refractivity contribution in [2.24, 2.45) is 5.73 Å². The molecule has 2 aromatic rings. The summed E-state index contributed by atoms with van der Waals surface area (Å²) < 4.78 is 8.62. The monoisotopic (exact) mass is 324 g/mol. The van der Waals surface area contributed by atoms with E-state index < -0.39 is 0 Å². The van der Waals surface area contributed by atoms with Gasteiger partial charge in [0.25, 0.3) is 0 Å². The maximum Gasteiger partial charge on any atom is 0.164 e. The minimum Gasteiger partial charge on any atom is -0.485 e. The Balaban J connectivity index is 2.15. The van der Waals surface area contributed by atoms with Crippen molar-refractivity contribution in [1.29, 1.82) is 0 Å². The van der Waals surface area contributed by atoms with Crippen LogP contribution in [0.4, 0.5) is 0 Å². The molecular formula is C13H17BrN4O. The number of aryl methyl sites for hydroxylation is 1. The number of ether oxygens (including phenoxy) is 1. The van der Waals surface area contributed by atoms with Crippen molar-refractivity contribution in [1.82, 2.24) is 14.8 Å². The molecule has 0 unspecified atom stereocenters. The van der Waals surface area contributed by atoms with Crippen molar-refractivity contribution >= 4 is 15.9 Å². The highest BCUT2D eigenvalue weighted by atomic mass is 79.9. The summed E-state index contributed by atoms with van der Waals surface area (Å²) in [7, 11) is 0. The van der Waals surface area contributed by atoms with Gasteiger partial charge in [0.1, 0.15) is 18.7 Å². The minimum absolute atomic E-state index is 0.0865. The first-order chi connectivity index (χ1) is 9.11. The molecule has 2 rings (SSSR count). The average Bonchev–Trinajstić information content (AvgIpc) is 2.84. The first-order valence-electron chi connectivity index (χ1n) is 6.16. The summed E-state index contributed by atoms with van der Waals surface area (Å²) in [6, 6.07) is 5.74. The van der Waals surface area contributed by atoms with Crippen LogP contribution in [0.15, 0.2) is 29.0 Å². The lowest BCUT2D eigenvalue weighted by molar-refractivity contribution is 0.283.